The Bertz CT molecular complexity index is 1520. The second-order valence-electron chi connectivity index (χ2n) is 10.8. The lowest BCUT2D eigenvalue weighted by Gasteiger charge is -2.42. The Labute approximate surface area is 260 Å². The highest BCUT2D eigenvalue weighted by Gasteiger charge is 2.27. The molecule has 0 radical (unpaired) electrons. The molecule has 2 N–H and O–H groups in total. The van der Waals surface area contributed by atoms with E-state index in [2.05, 4.69) is 91.8 Å². The van der Waals surface area contributed by atoms with Gasteiger partial charge in [0.15, 0.2) is 0 Å². The number of hydrogen-bond acceptors (Lipinski definition) is 11. The van der Waals surface area contributed by atoms with E-state index in [0.717, 1.165) is 45.7 Å². The molecule has 10 nitrogen and oxygen atoms in total. The molecule has 42 heavy (non-hydrogen) atoms. The van der Waals surface area contributed by atoms with Gasteiger partial charge < -0.3 is 24.7 Å². The maximum Gasteiger partial charge on any atom is 0.229 e. The summed E-state index contributed by atoms with van der Waals surface area (Å²) < 4.78 is 2.84. The summed E-state index contributed by atoms with van der Waals surface area (Å²) in [7, 11) is 4.24. The molecule has 0 aliphatic carbocycles. The van der Waals surface area contributed by atoms with E-state index in [0.29, 0.717) is 17.8 Å². The second kappa shape index (κ2) is 13.0. The van der Waals surface area contributed by atoms with Crippen molar-refractivity contribution >= 4 is 73.4 Å². The normalized spacial score (nSPS) is 17.0. The van der Waals surface area contributed by atoms with Crippen molar-refractivity contribution in [1.82, 2.24) is 29.7 Å². The Morgan fingerprint density at radius 2 is 1.74 bits per heavy atom. The highest BCUT2D eigenvalue weighted by molar-refractivity contribution is 9.10. The lowest BCUT2D eigenvalue weighted by atomic mass is 10.0. The Balaban J connectivity index is 1.16. The Kier molecular flexibility index (Phi) is 8.94. The van der Waals surface area contributed by atoms with Crippen molar-refractivity contribution in [3.63, 3.8) is 0 Å². The SMILES string of the molecule is CSN(C)c1c(Nc2nc(Nc3cccc(N4CCC(N5CCN(C)CC5)CC4)c3)ncc2Br)ccc2nccnc12. The Morgan fingerprint density at radius 3 is 2.52 bits per heavy atom. The van der Waals surface area contributed by atoms with Crippen LogP contribution in [0.25, 0.3) is 11.0 Å². The molecule has 12 heteroatoms. The first-order valence-corrected chi connectivity index (χ1v) is 16.3. The van der Waals surface area contributed by atoms with Gasteiger partial charge in [-0.1, -0.05) is 18.0 Å². The number of nitrogens with zero attached hydrogens (tertiary/aromatic N) is 8. The van der Waals surface area contributed by atoms with Crippen LogP contribution in [-0.4, -0.2) is 95.4 Å². The number of benzene rings is 2. The minimum atomic E-state index is 0.520. The van der Waals surface area contributed by atoms with Crippen molar-refractivity contribution in [3.05, 3.63) is 59.5 Å². The lowest BCUT2D eigenvalue weighted by Crippen LogP contribution is -2.52. The molecular formula is C30H37BrN10S. The van der Waals surface area contributed by atoms with Crippen LogP contribution >= 0.6 is 27.9 Å². The molecule has 0 saturated carbocycles. The van der Waals surface area contributed by atoms with E-state index in [9.17, 15) is 0 Å². The molecule has 0 atom stereocenters. The minimum Gasteiger partial charge on any atom is -0.371 e. The van der Waals surface area contributed by atoms with Crippen molar-refractivity contribution in [2.24, 2.45) is 0 Å². The first-order chi connectivity index (χ1) is 20.5. The lowest BCUT2D eigenvalue weighted by molar-refractivity contribution is 0.0982. The van der Waals surface area contributed by atoms with Gasteiger partial charge >= 0.3 is 0 Å². The van der Waals surface area contributed by atoms with Crippen molar-refractivity contribution in [2.45, 2.75) is 18.9 Å². The Morgan fingerprint density at radius 1 is 0.952 bits per heavy atom. The molecule has 2 aliphatic rings. The van der Waals surface area contributed by atoms with Crippen molar-refractivity contribution in [1.29, 1.82) is 0 Å². The van der Waals surface area contributed by atoms with Crippen LogP contribution in [0, 0.1) is 0 Å². The van der Waals surface area contributed by atoms with Crippen molar-refractivity contribution < 1.29 is 0 Å². The van der Waals surface area contributed by atoms with Gasteiger partial charge in [0, 0.05) is 88.6 Å². The molecule has 2 fully saturated rings. The van der Waals surface area contributed by atoms with Crippen LogP contribution in [0.2, 0.25) is 0 Å². The average molecular weight is 650 g/mol. The van der Waals surface area contributed by atoms with Gasteiger partial charge in [-0.15, -0.1) is 0 Å². The molecule has 2 aromatic heterocycles. The zero-order valence-corrected chi connectivity index (χ0v) is 26.7. The molecular weight excluding hydrogens is 612 g/mol. The maximum absolute atomic E-state index is 4.81. The molecule has 2 saturated heterocycles. The van der Waals surface area contributed by atoms with Gasteiger partial charge in [-0.2, -0.15) is 4.98 Å². The highest BCUT2D eigenvalue weighted by atomic mass is 79.9. The number of halogens is 1. The summed E-state index contributed by atoms with van der Waals surface area (Å²) >= 11 is 5.23. The average Bonchev–Trinajstić information content (AvgIpc) is 3.03. The summed E-state index contributed by atoms with van der Waals surface area (Å²) in [6.07, 6.45) is 9.65. The summed E-state index contributed by atoms with van der Waals surface area (Å²) in [5, 5.41) is 6.92. The quantitative estimate of drug-likeness (QED) is 0.234. The van der Waals surface area contributed by atoms with Crippen LogP contribution < -0.4 is 19.8 Å². The number of hydrogen-bond donors (Lipinski definition) is 2. The van der Waals surface area contributed by atoms with E-state index in [1.54, 1.807) is 30.5 Å². The summed E-state index contributed by atoms with van der Waals surface area (Å²) in [6, 6.07) is 13.2. The van der Waals surface area contributed by atoms with Gasteiger partial charge in [-0.05, 0) is 66.2 Å². The van der Waals surface area contributed by atoms with Crippen LogP contribution in [-0.2, 0) is 0 Å². The van der Waals surface area contributed by atoms with Gasteiger partial charge in [-0.25, -0.2) is 4.98 Å². The van der Waals surface area contributed by atoms with E-state index >= 15 is 0 Å². The van der Waals surface area contributed by atoms with Gasteiger partial charge in [0.25, 0.3) is 0 Å². The molecule has 0 unspecified atom stereocenters. The third kappa shape index (κ3) is 6.41. The van der Waals surface area contributed by atoms with Crippen LogP contribution in [0.4, 0.5) is 34.5 Å². The molecule has 220 valence electrons. The smallest absolute Gasteiger partial charge is 0.229 e. The van der Waals surface area contributed by atoms with Crippen molar-refractivity contribution in [2.75, 3.05) is 79.5 Å². The topological polar surface area (TPSA) is 88.6 Å². The molecule has 0 spiro atoms. The van der Waals surface area contributed by atoms with Crippen LogP contribution in [0.1, 0.15) is 12.8 Å². The fourth-order valence-corrected chi connectivity index (χ4v) is 6.42. The number of anilines is 6. The van der Waals surface area contributed by atoms with Gasteiger partial charge in [0.2, 0.25) is 5.95 Å². The van der Waals surface area contributed by atoms with Gasteiger partial charge in [0.05, 0.1) is 21.4 Å². The molecule has 0 amide bonds. The third-order valence-electron chi connectivity index (χ3n) is 8.19. The maximum atomic E-state index is 4.81. The predicted octanol–water partition coefficient (Wildman–Crippen LogP) is 5.60. The molecule has 4 heterocycles. The largest absolute Gasteiger partial charge is 0.371 e. The number of aromatic nitrogens is 4. The summed E-state index contributed by atoms with van der Waals surface area (Å²) in [4.78, 5) is 26.1. The van der Waals surface area contributed by atoms with E-state index in [4.69, 9.17) is 4.98 Å². The fraction of sp³-hybridized carbons (Fsp3) is 0.400. The van der Waals surface area contributed by atoms with Gasteiger partial charge in [-0.3, -0.25) is 14.9 Å². The summed E-state index contributed by atoms with van der Waals surface area (Å²) in [6.45, 7) is 6.88. The standard InChI is InChI=1S/C30H37BrN10S/c1-38-15-17-41(18-16-38)22-9-13-40(14-10-22)23-6-4-5-21(19-23)35-30-34-20-24(31)29(37-30)36-26-8-7-25-27(33-12-11-32-25)28(26)39(2)42-3/h4-8,11-12,19-20,22H,9-10,13-18H2,1-3H3,(H2,34,35,36,37). The van der Waals surface area contributed by atoms with E-state index in [1.807, 2.05) is 25.4 Å². The third-order valence-corrected chi connectivity index (χ3v) is 9.50. The fourth-order valence-electron chi connectivity index (χ4n) is 5.76. The molecule has 0 bridgehead atoms. The molecule has 2 aromatic carbocycles. The summed E-state index contributed by atoms with van der Waals surface area (Å²) in [5.41, 5.74) is 5.68. The first-order valence-electron chi connectivity index (χ1n) is 14.3. The number of piperidine rings is 1. The molecule has 2 aliphatic heterocycles. The Hall–Kier alpha value is -3.19. The van der Waals surface area contributed by atoms with E-state index < -0.39 is 0 Å². The first kappa shape index (κ1) is 28.9. The monoisotopic (exact) mass is 648 g/mol. The number of rotatable bonds is 8. The number of nitrogens with one attached hydrogen (secondary N) is 2. The summed E-state index contributed by atoms with van der Waals surface area (Å²) in [5.74, 6) is 1.18. The van der Waals surface area contributed by atoms with E-state index in [-0.39, 0.29) is 0 Å². The second-order valence-corrected chi connectivity index (χ2v) is 12.6. The predicted molar refractivity (Wildman–Crippen MR) is 179 cm³/mol. The number of fused-ring (bicyclic) bond motifs is 1. The number of likely N-dealkylation sites (N-methyl/N-ethyl adjacent to an activating group) is 1. The van der Waals surface area contributed by atoms with Crippen LogP contribution in [0.5, 0.6) is 0 Å². The molecule has 4 aromatic rings. The van der Waals surface area contributed by atoms with Crippen LogP contribution in [0.3, 0.4) is 0 Å². The zero-order valence-electron chi connectivity index (χ0n) is 24.3. The zero-order chi connectivity index (χ0) is 29.1. The minimum absolute atomic E-state index is 0.520. The highest BCUT2D eigenvalue weighted by Crippen LogP contribution is 2.37. The van der Waals surface area contributed by atoms with Crippen LogP contribution in [0.15, 0.2) is 59.5 Å². The van der Waals surface area contributed by atoms with E-state index in [1.165, 1.54) is 44.7 Å². The van der Waals surface area contributed by atoms with Gasteiger partial charge in [0.1, 0.15) is 11.3 Å². The molecule has 6 rings (SSSR count). The number of piperazine rings is 1. The van der Waals surface area contributed by atoms with Crippen molar-refractivity contribution in [3.8, 4) is 0 Å².